The monoisotopic (exact) mass is 242 g/mol. The molecule has 0 saturated heterocycles. The van der Waals surface area contributed by atoms with Gasteiger partial charge in [0.15, 0.2) is 5.82 Å². The molecule has 17 heavy (non-hydrogen) atoms. The van der Waals surface area contributed by atoms with E-state index in [4.69, 9.17) is 5.73 Å². The summed E-state index contributed by atoms with van der Waals surface area (Å²) in [5.41, 5.74) is 5.15. The first-order valence-electron chi connectivity index (χ1n) is 4.79. The minimum atomic E-state index is -4.33. The Morgan fingerprint density at radius 2 is 1.82 bits per heavy atom. The van der Waals surface area contributed by atoms with Crippen molar-refractivity contribution in [3.8, 4) is 11.4 Å². The number of nitrogens with one attached hydrogen (secondary N) is 1. The highest BCUT2D eigenvalue weighted by atomic mass is 19.4. The highest BCUT2D eigenvalue weighted by Crippen LogP contribution is 2.30. The van der Waals surface area contributed by atoms with Gasteiger partial charge in [-0.2, -0.15) is 18.3 Å². The van der Waals surface area contributed by atoms with Crippen LogP contribution < -0.4 is 5.73 Å². The Kier molecular flexibility index (Phi) is 2.84. The Morgan fingerprint density at radius 1 is 1.18 bits per heavy atom. The second-order valence-corrected chi connectivity index (χ2v) is 3.38. The third-order valence-corrected chi connectivity index (χ3v) is 2.20. The number of rotatable bonds is 2. The van der Waals surface area contributed by atoms with E-state index in [2.05, 4.69) is 15.2 Å². The standard InChI is InChI=1S/C10H9F3N4/c11-10(12,13)7-3-1-6(2-4-7)9-15-8(5-14)16-17-9/h1-4H,5,14H2,(H,15,16,17). The third kappa shape index (κ3) is 2.44. The summed E-state index contributed by atoms with van der Waals surface area (Å²) in [6.45, 7) is 0.202. The summed E-state index contributed by atoms with van der Waals surface area (Å²) in [5.74, 6) is 0.819. The molecular weight excluding hydrogens is 233 g/mol. The highest BCUT2D eigenvalue weighted by molar-refractivity contribution is 5.55. The number of aromatic amines is 1. The van der Waals surface area contributed by atoms with Gasteiger partial charge in [0.05, 0.1) is 12.1 Å². The van der Waals surface area contributed by atoms with Crippen LogP contribution in [0.1, 0.15) is 11.4 Å². The predicted octanol–water partition coefficient (Wildman–Crippen LogP) is 1.95. The minimum Gasteiger partial charge on any atom is -0.324 e. The van der Waals surface area contributed by atoms with E-state index in [-0.39, 0.29) is 6.54 Å². The van der Waals surface area contributed by atoms with E-state index in [1.54, 1.807) is 0 Å². The summed E-state index contributed by atoms with van der Waals surface area (Å²) in [4.78, 5) is 4.02. The normalized spacial score (nSPS) is 11.8. The topological polar surface area (TPSA) is 67.6 Å². The molecule has 1 aromatic heterocycles. The number of alkyl halides is 3. The van der Waals surface area contributed by atoms with Crippen molar-refractivity contribution in [1.29, 1.82) is 0 Å². The smallest absolute Gasteiger partial charge is 0.324 e. The van der Waals surface area contributed by atoms with Crippen molar-refractivity contribution in [3.05, 3.63) is 35.7 Å². The van der Waals surface area contributed by atoms with E-state index in [0.29, 0.717) is 17.2 Å². The Bertz CT molecular complexity index is 501. The molecule has 0 atom stereocenters. The first-order valence-corrected chi connectivity index (χ1v) is 4.79. The molecule has 2 rings (SSSR count). The summed E-state index contributed by atoms with van der Waals surface area (Å²) in [6, 6.07) is 4.64. The van der Waals surface area contributed by atoms with Crippen molar-refractivity contribution in [3.63, 3.8) is 0 Å². The van der Waals surface area contributed by atoms with Gasteiger partial charge >= 0.3 is 6.18 Å². The van der Waals surface area contributed by atoms with Gasteiger partial charge in [0.25, 0.3) is 0 Å². The van der Waals surface area contributed by atoms with Crippen molar-refractivity contribution in [2.75, 3.05) is 0 Å². The van der Waals surface area contributed by atoms with Gasteiger partial charge in [-0.05, 0) is 12.1 Å². The number of aromatic nitrogens is 3. The Labute approximate surface area is 94.7 Å². The van der Waals surface area contributed by atoms with Gasteiger partial charge in [0.2, 0.25) is 0 Å². The second-order valence-electron chi connectivity index (χ2n) is 3.38. The minimum absolute atomic E-state index is 0.202. The van der Waals surface area contributed by atoms with E-state index < -0.39 is 11.7 Å². The van der Waals surface area contributed by atoms with Crippen molar-refractivity contribution in [1.82, 2.24) is 15.2 Å². The molecule has 0 aliphatic rings. The SMILES string of the molecule is NCc1nc(-c2ccc(C(F)(F)F)cc2)n[nH]1. The number of nitrogens with two attached hydrogens (primary N) is 1. The molecule has 1 heterocycles. The molecule has 0 saturated carbocycles. The van der Waals surface area contributed by atoms with Crippen LogP contribution in [0.4, 0.5) is 13.2 Å². The van der Waals surface area contributed by atoms with Gasteiger partial charge < -0.3 is 5.73 Å². The van der Waals surface area contributed by atoms with Crippen molar-refractivity contribution in [2.24, 2.45) is 5.73 Å². The molecule has 0 spiro atoms. The molecule has 0 aliphatic heterocycles. The van der Waals surface area contributed by atoms with E-state index in [1.165, 1.54) is 12.1 Å². The van der Waals surface area contributed by atoms with Gasteiger partial charge in [-0.25, -0.2) is 4.98 Å². The Morgan fingerprint density at radius 3 is 2.29 bits per heavy atom. The maximum Gasteiger partial charge on any atom is 0.416 e. The highest BCUT2D eigenvalue weighted by Gasteiger charge is 2.30. The molecule has 1 aromatic carbocycles. The van der Waals surface area contributed by atoms with Crippen LogP contribution in [0, 0.1) is 0 Å². The van der Waals surface area contributed by atoms with Gasteiger partial charge in [-0.1, -0.05) is 12.1 Å². The first-order chi connectivity index (χ1) is 8.00. The summed E-state index contributed by atoms with van der Waals surface area (Å²) < 4.78 is 37.0. The predicted molar refractivity (Wildman–Crippen MR) is 54.7 cm³/mol. The third-order valence-electron chi connectivity index (χ3n) is 2.20. The van der Waals surface area contributed by atoms with Crippen LogP contribution in [0.5, 0.6) is 0 Å². The lowest BCUT2D eigenvalue weighted by atomic mass is 10.1. The molecule has 3 N–H and O–H groups in total. The first kappa shape index (κ1) is 11.6. The van der Waals surface area contributed by atoms with Gasteiger partial charge in [0, 0.05) is 5.56 Å². The average Bonchev–Trinajstić information content (AvgIpc) is 2.76. The zero-order valence-electron chi connectivity index (χ0n) is 8.62. The van der Waals surface area contributed by atoms with Gasteiger partial charge in [-0.3, -0.25) is 5.10 Å². The fourth-order valence-corrected chi connectivity index (χ4v) is 1.32. The number of nitrogens with zero attached hydrogens (tertiary/aromatic N) is 2. The van der Waals surface area contributed by atoms with Crippen LogP contribution >= 0.6 is 0 Å². The number of hydrogen-bond donors (Lipinski definition) is 2. The zero-order chi connectivity index (χ0) is 12.5. The molecule has 2 aromatic rings. The summed E-state index contributed by atoms with van der Waals surface area (Å²) >= 11 is 0. The fourth-order valence-electron chi connectivity index (χ4n) is 1.32. The largest absolute Gasteiger partial charge is 0.416 e. The van der Waals surface area contributed by atoms with Crippen LogP contribution in [0.25, 0.3) is 11.4 Å². The van der Waals surface area contributed by atoms with Gasteiger partial charge in [-0.15, -0.1) is 0 Å². The van der Waals surface area contributed by atoms with E-state index in [9.17, 15) is 13.2 Å². The number of H-pyrrole nitrogens is 1. The van der Waals surface area contributed by atoms with Crippen LogP contribution in [0.3, 0.4) is 0 Å². The maximum absolute atomic E-state index is 12.3. The van der Waals surface area contributed by atoms with E-state index >= 15 is 0 Å². The fraction of sp³-hybridized carbons (Fsp3) is 0.200. The Hall–Kier alpha value is -1.89. The summed E-state index contributed by atoms with van der Waals surface area (Å²) in [7, 11) is 0. The lowest BCUT2D eigenvalue weighted by molar-refractivity contribution is -0.137. The zero-order valence-corrected chi connectivity index (χ0v) is 8.62. The second kappa shape index (κ2) is 4.17. The van der Waals surface area contributed by atoms with Crippen molar-refractivity contribution in [2.45, 2.75) is 12.7 Å². The Balaban J connectivity index is 2.29. The molecule has 90 valence electrons. The molecule has 0 unspecified atom stereocenters. The van der Waals surface area contributed by atoms with Crippen molar-refractivity contribution < 1.29 is 13.2 Å². The maximum atomic E-state index is 12.3. The molecule has 0 aliphatic carbocycles. The van der Waals surface area contributed by atoms with Gasteiger partial charge in [0.1, 0.15) is 5.82 Å². The van der Waals surface area contributed by atoms with Crippen LogP contribution in [0.2, 0.25) is 0 Å². The van der Waals surface area contributed by atoms with Crippen LogP contribution in [-0.2, 0) is 12.7 Å². The lowest BCUT2D eigenvalue weighted by Gasteiger charge is -2.05. The number of benzene rings is 1. The van der Waals surface area contributed by atoms with E-state index in [0.717, 1.165) is 12.1 Å². The lowest BCUT2D eigenvalue weighted by Crippen LogP contribution is -2.04. The molecule has 7 heteroatoms. The summed E-state index contributed by atoms with van der Waals surface area (Å²) in [6.07, 6.45) is -4.33. The average molecular weight is 242 g/mol. The molecule has 0 fully saturated rings. The van der Waals surface area contributed by atoms with Crippen LogP contribution in [-0.4, -0.2) is 15.2 Å². The number of halogens is 3. The van der Waals surface area contributed by atoms with Crippen molar-refractivity contribution >= 4 is 0 Å². The molecule has 0 bridgehead atoms. The van der Waals surface area contributed by atoms with Crippen LogP contribution in [0.15, 0.2) is 24.3 Å². The molecular formula is C10H9F3N4. The quantitative estimate of drug-likeness (QED) is 0.845. The molecule has 0 radical (unpaired) electrons. The molecule has 4 nitrogen and oxygen atoms in total. The number of hydrogen-bond acceptors (Lipinski definition) is 3. The molecule has 0 amide bonds. The van der Waals surface area contributed by atoms with E-state index in [1.807, 2.05) is 0 Å². The summed E-state index contributed by atoms with van der Waals surface area (Å²) in [5, 5.41) is 6.44.